The Morgan fingerprint density at radius 2 is 1.80 bits per heavy atom. The Balaban J connectivity index is 1.76. The first kappa shape index (κ1) is 22.5. The number of ether oxygens (including phenoxy) is 1. The van der Waals surface area contributed by atoms with Gasteiger partial charge in [0.25, 0.3) is 5.91 Å². The van der Waals surface area contributed by atoms with Crippen molar-refractivity contribution in [1.29, 1.82) is 0 Å². The van der Waals surface area contributed by atoms with Gasteiger partial charge < -0.3 is 10.1 Å². The fraction of sp³-hybridized carbons (Fsp3) is 0.429. The molecule has 1 aliphatic rings. The third-order valence-electron chi connectivity index (χ3n) is 5.31. The van der Waals surface area contributed by atoms with Gasteiger partial charge in [-0.15, -0.1) is 11.3 Å². The molecular formula is C21H26N2O5S2. The number of esters is 1. The summed E-state index contributed by atoms with van der Waals surface area (Å²) in [5.41, 5.74) is 0.583. The van der Waals surface area contributed by atoms with Gasteiger partial charge in [-0.25, -0.2) is 13.2 Å². The average Bonchev–Trinajstić information content (AvgIpc) is 3.22. The first-order valence-electron chi connectivity index (χ1n) is 9.97. The van der Waals surface area contributed by atoms with E-state index >= 15 is 0 Å². The number of amides is 1. The van der Waals surface area contributed by atoms with E-state index in [4.69, 9.17) is 4.74 Å². The number of benzene rings is 1. The number of hydrogen-bond acceptors (Lipinski definition) is 6. The van der Waals surface area contributed by atoms with Crippen LogP contribution in [0.15, 0.2) is 40.6 Å². The maximum Gasteiger partial charge on any atom is 0.340 e. The molecular weight excluding hydrogens is 424 g/mol. The van der Waals surface area contributed by atoms with Crippen LogP contribution >= 0.6 is 11.3 Å². The second-order valence-electron chi connectivity index (χ2n) is 7.13. The van der Waals surface area contributed by atoms with Gasteiger partial charge in [0.1, 0.15) is 5.00 Å². The fourth-order valence-electron chi connectivity index (χ4n) is 3.76. The van der Waals surface area contributed by atoms with Crippen molar-refractivity contribution in [3.63, 3.8) is 0 Å². The van der Waals surface area contributed by atoms with E-state index in [0.717, 1.165) is 32.1 Å². The molecule has 0 aliphatic heterocycles. The number of nitrogens with one attached hydrogen (secondary N) is 1. The van der Waals surface area contributed by atoms with Gasteiger partial charge in [0.15, 0.2) is 0 Å². The maximum atomic E-state index is 13.1. The second kappa shape index (κ2) is 9.72. The summed E-state index contributed by atoms with van der Waals surface area (Å²) in [6, 6.07) is 7.51. The Kier molecular flexibility index (Phi) is 7.27. The molecule has 1 heterocycles. The van der Waals surface area contributed by atoms with E-state index in [1.165, 1.54) is 42.7 Å². The molecule has 1 aromatic heterocycles. The fourth-order valence-corrected chi connectivity index (χ4v) is 6.22. The van der Waals surface area contributed by atoms with Gasteiger partial charge in [-0.3, -0.25) is 4.79 Å². The molecule has 1 aliphatic carbocycles. The first-order valence-corrected chi connectivity index (χ1v) is 12.3. The summed E-state index contributed by atoms with van der Waals surface area (Å²) in [5, 5.41) is 4.75. The van der Waals surface area contributed by atoms with E-state index in [1.807, 2.05) is 6.92 Å². The summed E-state index contributed by atoms with van der Waals surface area (Å²) in [6.45, 7) is 2.28. The molecule has 0 unspecified atom stereocenters. The van der Waals surface area contributed by atoms with Crippen molar-refractivity contribution in [2.45, 2.75) is 50.0 Å². The average molecular weight is 451 g/mol. The number of hydrogen-bond donors (Lipinski definition) is 1. The van der Waals surface area contributed by atoms with E-state index in [2.05, 4.69) is 5.32 Å². The summed E-state index contributed by atoms with van der Waals surface area (Å²) >= 11 is 1.21. The Morgan fingerprint density at radius 3 is 2.40 bits per heavy atom. The van der Waals surface area contributed by atoms with Gasteiger partial charge in [0, 0.05) is 18.2 Å². The zero-order chi connectivity index (χ0) is 21.7. The van der Waals surface area contributed by atoms with Crippen LogP contribution in [0.25, 0.3) is 0 Å². The highest BCUT2D eigenvalue weighted by atomic mass is 32.2. The van der Waals surface area contributed by atoms with Crippen molar-refractivity contribution in [3.05, 3.63) is 46.8 Å². The molecule has 1 amide bonds. The number of rotatable bonds is 7. The molecule has 7 nitrogen and oxygen atoms in total. The quantitative estimate of drug-likeness (QED) is 0.640. The number of sulfonamides is 1. The van der Waals surface area contributed by atoms with E-state index in [9.17, 15) is 18.0 Å². The zero-order valence-corrected chi connectivity index (χ0v) is 18.7. The predicted octanol–water partition coefficient (Wildman–Crippen LogP) is 4.13. The lowest BCUT2D eigenvalue weighted by Gasteiger charge is -2.32. The van der Waals surface area contributed by atoms with E-state index in [1.54, 1.807) is 15.8 Å². The third-order valence-corrected chi connectivity index (χ3v) is 8.19. The van der Waals surface area contributed by atoms with Crippen LogP contribution in [0, 0.1) is 0 Å². The van der Waals surface area contributed by atoms with Gasteiger partial charge in [0.05, 0.1) is 17.6 Å². The van der Waals surface area contributed by atoms with Crippen LogP contribution in [0.1, 0.15) is 59.7 Å². The van der Waals surface area contributed by atoms with Gasteiger partial charge >= 0.3 is 5.97 Å². The Hall–Kier alpha value is -2.23. The summed E-state index contributed by atoms with van der Waals surface area (Å²) < 4.78 is 32.5. The maximum absolute atomic E-state index is 13.1. The largest absolute Gasteiger partial charge is 0.465 e. The Morgan fingerprint density at radius 1 is 1.13 bits per heavy atom. The smallest absolute Gasteiger partial charge is 0.340 e. The summed E-state index contributed by atoms with van der Waals surface area (Å²) in [4.78, 5) is 24.5. The number of anilines is 1. The highest BCUT2D eigenvalue weighted by Gasteiger charge is 2.31. The Bertz CT molecular complexity index is 993. The third kappa shape index (κ3) is 4.74. The number of carbonyl (C=O) groups is 2. The normalized spacial score (nSPS) is 15.2. The number of thiophene rings is 1. The molecule has 9 heteroatoms. The van der Waals surface area contributed by atoms with Crippen LogP contribution in [0.3, 0.4) is 0 Å². The molecule has 30 heavy (non-hydrogen) atoms. The van der Waals surface area contributed by atoms with E-state index < -0.39 is 21.9 Å². The van der Waals surface area contributed by atoms with Crippen molar-refractivity contribution < 1.29 is 22.7 Å². The van der Waals surface area contributed by atoms with Crippen LogP contribution in [0.5, 0.6) is 0 Å². The summed E-state index contributed by atoms with van der Waals surface area (Å²) in [5.74, 6) is -0.957. The van der Waals surface area contributed by atoms with Crippen molar-refractivity contribution >= 4 is 38.2 Å². The van der Waals surface area contributed by atoms with Gasteiger partial charge in [-0.1, -0.05) is 26.2 Å². The minimum atomic E-state index is -3.62. The molecule has 1 saturated carbocycles. The van der Waals surface area contributed by atoms with Crippen LogP contribution in [-0.2, 0) is 14.8 Å². The van der Waals surface area contributed by atoms with Crippen LogP contribution in [0.4, 0.5) is 5.00 Å². The molecule has 0 bridgehead atoms. The highest BCUT2D eigenvalue weighted by Crippen LogP contribution is 2.28. The minimum absolute atomic E-state index is 0.0345. The Labute approximate surface area is 181 Å². The lowest BCUT2D eigenvalue weighted by molar-refractivity contribution is 0.0602. The van der Waals surface area contributed by atoms with Crippen molar-refractivity contribution in [2.75, 3.05) is 19.0 Å². The number of nitrogens with zero attached hydrogens (tertiary/aromatic N) is 1. The highest BCUT2D eigenvalue weighted by molar-refractivity contribution is 7.89. The number of methoxy groups -OCH3 is 1. The van der Waals surface area contributed by atoms with Crippen LogP contribution in [0.2, 0.25) is 0 Å². The molecule has 1 aromatic carbocycles. The molecule has 0 atom stereocenters. The molecule has 2 aromatic rings. The SMILES string of the molecule is CCN(C1CCCCC1)S(=O)(=O)c1ccc(C(=O)Nc2sccc2C(=O)OC)cc1. The van der Waals surface area contributed by atoms with Crippen LogP contribution in [-0.4, -0.2) is 44.3 Å². The monoisotopic (exact) mass is 450 g/mol. The van der Waals surface area contributed by atoms with Crippen molar-refractivity contribution in [3.8, 4) is 0 Å². The molecule has 0 spiro atoms. The van der Waals surface area contributed by atoms with Gasteiger partial charge in [-0.2, -0.15) is 4.31 Å². The summed E-state index contributed by atoms with van der Waals surface area (Å²) in [6.07, 6.45) is 5.02. The predicted molar refractivity (Wildman–Crippen MR) is 116 cm³/mol. The summed E-state index contributed by atoms with van der Waals surface area (Å²) in [7, 11) is -2.35. The molecule has 162 valence electrons. The molecule has 1 N–H and O–H groups in total. The van der Waals surface area contributed by atoms with E-state index in [0.29, 0.717) is 17.1 Å². The second-order valence-corrected chi connectivity index (χ2v) is 9.94. The molecule has 1 fully saturated rings. The first-order chi connectivity index (χ1) is 14.4. The van der Waals surface area contributed by atoms with Gasteiger partial charge in [-0.05, 0) is 48.6 Å². The molecule has 0 radical (unpaired) electrons. The zero-order valence-electron chi connectivity index (χ0n) is 17.1. The lowest BCUT2D eigenvalue weighted by Crippen LogP contribution is -2.41. The lowest BCUT2D eigenvalue weighted by atomic mass is 9.95. The molecule has 3 rings (SSSR count). The van der Waals surface area contributed by atoms with Crippen molar-refractivity contribution in [1.82, 2.24) is 4.31 Å². The van der Waals surface area contributed by atoms with E-state index in [-0.39, 0.29) is 16.5 Å². The molecule has 0 saturated heterocycles. The standard InChI is InChI=1S/C21H26N2O5S2/c1-3-23(16-7-5-4-6-8-16)30(26,27)17-11-9-15(10-12-17)19(24)22-20-18(13-14-29-20)21(25)28-2/h9-14,16H,3-8H2,1-2H3,(H,22,24). The van der Waals surface area contributed by atoms with Gasteiger partial charge in [0.2, 0.25) is 10.0 Å². The minimum Gasteiger partial charge on any atom is -0.465 e. The number of carbonyl (C=O) groups excluding carboxylic acids is 2. The van der Waals surface area contributed by atoms with Crippen LogP contribution < -0.4 is 5.32 Å². The van der Waals surface area contributed by atoms with Crippen molar-refractivity contribution in [2.24, 2.45) is 0 Å². The topological polar surface area (TPSA) is 92.8 Å².